The first-order chi connectivity index (χ1) is 9.03. The van der Waals surface area contributed by atoms with Crippen molar-refractivity contribution in [2.45, 2.75) is 50.3 Å². The molecule has 1 aromatic carbocycles. The Kier molecular flexibility index (Phi) is 4.63. The van der Waals surface area contributed by atoms with Gasteiger partial charge in [-0.05, 0) is 30.4 Å². The standard InChI is InChI=1S/C15H23NO2S/c1-13(2)14-9-5-6-10-15(14)19(17,18)16-11-7-3-4-8-12-16/h5-6,9-10,13H,3-4,7-8,11-12H2,1-2H3. The van der Waals surface area contributed by atoms with Crippen molar-refractivity contribution < 1.29 is 8.42 Å². The lowest BCUT2D eigenvalue weighted by atomic mass is 10.0. The summed E-state index contributed by atoms with van der Waals surface area (Å²) < 4.78 is 27.3. The molecule has 0 N–H and O–H groups in total. The third-order valence-electron chi connectivity index (χ3n) is 3.72. The Bertz CT molecular complexity index is 515. The van der Waals surface area contributed by atoms with Gasteiger partial charge in [0.25, 0.3) is 0 Å². The van der Waals surface area contributed by atoms with Crippen LogP contribution in [0.2, 0.25) is 0 Å². The fraction of sp³-hybridized carbons (Fsp3) is 0.600. The predicted molar refractivity (Wildman–Crippen MR) is 77.8 cm³/mol. The molecule has 0 spiro atoms. The fourth-order valence-corrected chi connectivity index (χ4v) is 4.48. The number of hydrogen-bond acceptors (Lipinski definition) is 2. The Morgan fingerprint density at radius 3 is 2.16 bits per heavy atom. The SMILES string of the molecule is CC(C)c1ccccc1S(=O)(=O)N1CCCCCC1. The zero-order valence-corrected chi connectivity index (χ0v) is 12.6. The second-order valence-electron chi connectivity index (χ2n) is 5.51. The highest BCUT2D eigenvalue weighted by atomic mass is 32.2. The van der Waals surface area contributed by atoms with E-state index in [1.807, 2.05) is 32.0 Å². The zero-order valence-electron chi connectivity index (χ0n) is 11.8. The van der Waals surface area contributed by atoms with Crippen LogP contribution in [-0.2, 0) is 10.0 Å². The van der Waals surface area contributed by atoms with Crippen LogP contribution < -0.4 is 0 Å². The van der Waals surface area contributed by atoms with Crippen molar-refractivity contribution in [1.29, 1.82) is 0 Å². The molecule has 1 aliphatic heterocycles. The molecule has 0 atom stereocenters. The van der Waals surface area contributed by atoms with Gasteiger partial charge in [-0.1, -0.05) is 44.9 Å². The van der Waals surface area contributed by atoms with Crippen LogP contribution in [0.4, 0.5) is 0 Å². The second kappa shape index (κ2) is 6.06. The third kappa shape index (κ3) is 3.18. The van der Waals surface area contributed by atoms with Gasteiger partial charge in [0.1, 0.15) is 0 Å². The highest BCUT2D eigenvalue weighted by molar-refractivity contribution is 7.89. The van der Waals surface area contributed by atoms with E-state index >= 15 is 0 Å². The average molecular weight is 281 g/mol. The van der Waals surface area contributed by atoms with E-state index in [1.165, 1.54) is 0 Å². The summed E-state index contributed by atoms with van der Waals surface area (Å²) in [4.78, 5) is 0.493. The molecule has 0 unspecified atom stereocenters. The molecule has 1 fully saturated rings. The molecule has 1 aromatic rings. The predicted octanol–water partition coefficient (Wildman–Crippen LogP) is 3.37. The van der Waals surface area contributed by atoms with Gasteiger partial charge in [0, 0.05) is 13.1 Å². The van der Waals surface area contributed by atoms with E-state index in [2.05, 4.69) is 0 Å². The van der Waals surface area contributed by atoms with Crippen LogP contribution in [0, 0.1) is 0 Å². The molecule has 1 heterocycles. The summed E-state index contributed by atoms with van der Waals surface area (Å²) in [5.41, 5.74) is 0.923. The van der Waals surface area contributed by atoms with E-state index in [9.17, 15) is 8.42 Å². The molecule has 3 nitrogen and oxygen atoms in total. The van der Waals surface area contributed by atoms with E-state index in [4.69, 9.17) is 0 Å². The number of hydrogen-bond donors (Lipinski definition) is 0. The molecule has 1 saturated heterocycles. The minimum Gasteiger partial charge on any atom is -0.207 e. The van der Waals surface area contributed by atoms with E-state index in [0.29, 0.717) is 18.0 Å². The lowest BCUT2D eigenvalue weighted by molar-refractivity contribution is 0.423. The molecule has 19 heavy (non-hydrogen) atoms. The van der Waals surface area contributed by atoms with Gasteiger partial charge in [0.2, 0.25) is 10.0 Å². The molecule has 2 rings (SSSR count). The average Bonchev–Trinajstić information content (AvgIpc) is 2.68. The fourth-order valence-electron chi connectivity index (χ4n) is 2.61. The van der Waals surface area contributed by atoms with Crippen molar-refractivity contribution >= 4 is 10.0 Å². The Hall–Kier alpha value is -0.870. The molecular weight excluding hydrogens is 258 g/mol. The van der Waals surface area contributed by atoms with Crippen molar-refractivity contribution in [2.75, 3.05) is 13.1 Å². The van der Waals surface area contributed by atoms with Crippen LogP contribution in [-0.4, -0.2) is 25.8 Å². The maximum absolute atomic E-state index is 12.8. The Morgan fingerprint density at radius 2 is 1.58 bits per heavy atom. The highest BCUT2D eigenvalue weighted by Crippen LogP contribution is 2.27. The molecule has 0 saturated carbocycles. The molecule has 0 bridgehead atoms. The van der Waals surface area contributed by atoms with Crippen molar-refractivity contribution in [3.63, 3.8) is 0 Å². The largest absolute Gasteiger partial charge is 0.243 e. The summed E-state index contributed by atoms with van der Waals surface area (Å²) in [6, 6.07) is 7.40. The number of benzene rings is 1. The van der Waals surface area contributed by atoms with Gasteiger partial charge in [-0.15, -0.1) is 0 Å². The minimum atomic E-state index is -3.33. The monoisotopic (exact) mass is 281 g/mol. The molecule has 0 aromatic heterocycles. The van der Waals surface area contributed by atoms with E-state index in [1.54, 1.807) is 10.4 Å². The molecular formula is C15H23NO2S. The van der Waals surface area contributed by atoms with Gasteiger partial charge >= 0.3 is 0 Å². The third-order valence-corrected chi connectivity index (χ3v) is 5.70. The first-order valence-electron chi connectivity index (χ1n) is 7.12. The second-order valence-corrected chi connectivity index (χ2v) is 7.42. The van der Waals surface area contributed by atoms with Crippen LogP contribution in [0.1, 0.15) is 51.0 Å². The molecule has 0 radical (unpaired) electrons. The van der Waals surface area contributed by atoms with Crippen LogP contribution in [0.5, 0.6) is 0 Å². The number of nitrogens with zero attached hydrogens (tertiary/aromatic N) is 1. The first kappa shape index (κ1) is 14.5. The normalized spacial score (nSPS) is 18.5. The maximum atomic E-state index is 12.8. The van der Waals surface area contributed by atoms with Crippen LogP contribution >= 0.6 is 0 Å². The van der Waals surface area contributed by atoms with Crippen molar-refractivity contribution in [2.24, 2.45) is 0 Å². The Morgan fingerprint density at radius 1 is 1.00 bits per heavy atom. The van der Waals surface area contributed by atoms with E-state index in [0.717, 1.165) is 31.2 Å². The van der Waals surface area contributed by atoms with Gasteiger partial charge < -0.3 is 0 Å². The zero-order chi connectivity index (χ0) is 13.9. The maximum Gasteiger partial charge on any atom is 0.243 e. The molecule has 0 amide bonds. The molecule has 4 heteroatoms. The van der Waals surface area contributed by atoms with Crippen LogP contribution in [0.25, 0.3) is 0 Å². The topological polar surface area (TPSA) is 37.4 Å². The van der Waals surface area contributed by atoms with Gasteiger partial charge in [-0.3, -0.25) is 0 Å². The summed E-state index contributed by atoms with van der Waals surface area (Å²) in [5.74, 6) is 0.220. The first-order valence-corrected chi connectivity index (χ1v) is 8.56. The van der Waals surface area contributed by atoms with E-state index < -0.39 is 10.0 Å². The van der Waals surface area contributed by atoms with Gasteiger partial charge in [0.05, 0.1) is 4.90 Å². The smallest absolute Gasteiger partial charge is 0.207 e. The summed E-state index contributed by atoms with van der Waals surface area (Å²) in [6.07, 6.45) is 4.22. The highest BCUT2D eigenvalue weighted by Gasteiger charge is 2.27. The molecule has 1 aliphatic rings. The summed E-state index contributed by atoms with van der Waals surface area (Å²) in [5, 5.41) is 0. The van der Waals surface area contributed by atoms with Crippen molar-refractivity contribution in [1.82, 2.24) is 4.31 Å². The van der Waals surface area contributed by atoms with Gasteiger partial charge in [-0.25, -0.2) is 8.42 Å². The Balaban J connectivity index is 2.38. The minimum absolute atomic E-state index is 0.220. The van der Waals surface area contributed by atoms with Gasteiger partial charge in [-0.2, -0.15) is 4.31 Å². The number of sulfonamides is 1. The summed E-state index contributed by atoms with van der Waals surface area (Å²) in [6.45, 7) is 5.40. The lowest BCUT2D eigenvalue weighted by Crippen LogP contribution is -2.32. The van der Waals surface area contributed by atoms with Crippen LogP contribution in [0.15, 0.2) is 29.2 Å². The van der Waals surface area contributed by atoms with Crippen molar-refractivity contribution in [3.05, 3.63) is 29.8 Å². The van der Waals surface area contributed by atoms with E-state index in [-0.39, 0.29) is 5.92 Å². The Labute approximate surface area is 116 Å². The summed E-state index contributed by atoms with van der Waals surface area (Å²) >= 11 is 0. The lowest BCUT2D eigenvalue weighted by Gasteiger charge is -2.22. The molecule has 106 valence electrons. The summed E-state index contributed by atoms with van der Waals surface area (Å²) in [7, 11) is -3.33. The van der Waals surface area contributed by atoms with Crippen molar-refractivity contribution in [3.8, 4) is 0 Å². The molecule has 0 aliphatic carbocycles. The van der Waals surface area contributed by atoms with Crippen LogP contribution in [0.3, 0.4) is 0 Å². The number of rotatable bonds is 3. The van der Waals surface area contributed by atoms with Gasteiger partial charge in [0.15, 0.2) is 0 Å². The quantitative estimate of drug-likeness (QED) is 0.852.